The van der Waals surface area contributed by atoms with Gasteiger partial charge >= 0.3 is 0 Å². The SMILES string of the molecule is CCC1NCCC1c1cccc(COC)c1. The molecule has 2 atom stereocenters. The topological polar surface area (TPSA) is 21.3 Å². The van der Waals surface area contributed by atoms with Crippen molar-refractivity contribution in [1.29, 1.82) is 0 Å². The van der Waals surface area contributed by atoms with Gasteiger partial charge in [-0.1, -0.05) is 31.2 Å². The van der Waals surface area contributed by atoms with Crippen molar-refractivity contribution in [2.75, 3.05) is 13.7 Å². The Labute approximate surface area is 98.0 Å². The van der Waals surface area contributed by atoms with Crippen molar-refractivity contribution in [3.05, 3.63) is 35.4 Å². The Morgan fingerprint density at radius 3 is 3.06 bits per heavy atom. The fraction of sp³-hybridized carbons (Fsp3) is 0.571. The van der Waals surface area contributed by atoms with Gasteiger partial charge in [0.15, 0.2) is 0 Å². The molecule has 1 aliphatic heterocycles. The van der Waals surface area contributed by atoms with Crippen molar-refractivity contribution in [3.8, 4) is 0 Å². The third kappa shape index (κ3) is 2.45. The van der Waals surface area contributed by atoms with Gasteiger partial charge in [-0.15, -0.1) is 0 Å². The molecular weight excluding hydrogens is 198 g/mol. The molecule has 1 saturated heterocycles. The second-order valence-electron chi connectivity index (χ2n) is 4.54. The molecule has 1 aliphatic rings. The lowest BCUT2D eigenvalue weighted by molar-refractivity contribution is 0.185. The average Bonchev–Trinajstić information content (AvgIpc) is 2.78. The van der Waals surface area contributed by atoms with E-state index in [-0.39, 0.29) is 0 Å². The third-order valence-electron chi connectivity index (χ3n) is 3.48. The van der Waals surface area contributed by atoms with Gasteiger partial charge in [0, 0.05) is 19.1 Å². The summed E-state index contributed by atoms with van der Waals surface area (Å²) in [5, 5.41) is 3.58. The first-order valence-corrected chi connectivity index (χ1v) is 6.16. The Morgan fingerprint density at radius 2 is 2.31 bits per heavy atom. The Balaban J connectivity index is 2.16. The lowest BCUT2D eigenvalue weighted by Crippen LogP contribution is -2.24. The summed E-state index contributed by atoms with van der Waals surface area (Å²) in [6, 6.07) is 9.48. The van der Waals surface area contributed by atoms with Gasteiger partial charge < -0.3 is 10.1 Å². The molecule has 2 unspecified atom stereocenters. The molecule has 0 aliphatic carbocycles. The predicted molar refractivity (Wildman–Crippen MR) is 66.6 cm³/mol. The van der Waals surface area contributed by atoms with Crippen LogP contribution in [0, 0.1) is 0 Å². The molecule has 1 N–H and O–H groups in total. The van der Waals surface area contributed by atoms with E-state index in [1.54, 1.807) is 7.11 Å². The number of benzene rings is 1. The zero-order valence-electron chi connectivity index (χ0n) is 10.2. The molecule has 16 heavy (non-hydrogen) atoms. The van der Waals surface area contributed by atoms with E-state index in [4.69, 9.17) is 4.74 Å². The maximum absolute atomic E-state index is 5.18. The number of methoxy groups -OCH3 is 1. The van der Waals surface area contributed by atoms with Gasteiger partial charge in [-0.05, 0) is 30.5 Å². The van der Waals surface area contributed by atoms with Crippen LogP contribution >= 0.6 is 0 Å². The third-order valence-corrected chi connectivity index (χ3v) is 3.48. The van der Waals surface area contributed by atoms with Crippen molar-refractivity contribution in [3.63, 3.8) is 0 Å². The smallest absolute Gasteiger partial charge is 0.0713 e. The van der Waals surface area contributed by atoms with Crippen molar-refractivity contribution < 1.29 is 4.74 Å². The molecule has 1 fully saturated rings. The zero-order chi connectivity index (χ0) is 11.4. The van der Waals surface area contributed by atoms with Crippen LogP contribution in [0.15, 0.2) is 24.3 Å². The number of hydrogen-bond acceptors (Lipinski definition) is 2. The second kappa shape index (κ2) is 5.46. The maximum atomic E-state index is 5.18. The molecule has 0 amide bonds. The van der Waals surface area contributed by atoms with Gasteiger partial charge in [-0.25, -0.2) is 0 Å². The lowest BCUT2D eigenvalue weighted by Gasteiger charge is -2.18. The first-order chi connectivity index (χ1) is 7.85. The van der Waals surface area contributed by atoms with Gasteiger partial charge in [0.2, 0.25) is 0 Å². The fourth-order valence-corrected chi connectivity index (χ4v) is 2.68. The van der Waals surface area contributed by atoms with E-state index in [2.05, 4.69) is 36.5 Å². The molecule has 0 bridgehead atoms. The van der Waals surface area contributed by atoms with E-state index in [1.807, 2.05) is 0 Å². The second-order valence-corrected chi connectivity index (χ2v) is 4.54. The summed E-state index contributed by atoms with van der Waals surface area (Å²) < 4.78 is 5.18. The van der Waals surface area contributed by atoms with Crippen LogP contribution in [0.2, 0.25) is 0 Å². The van der Waals surface area contributed by atoms with Gasteiger partial charge in [0.05, 0.1) is 6.61 Å². The van der Waals surface area contributed by atoms with Crippen LogP contribution in [0.25, 0.3) is 0 Å². The van der Waals surface area contributed by atoms with Gasteiger partial charge in [0.25, 0.3) is 0 Å². The summed E-state index contributed by atoms with van der Waals surface area (Å²) in [5.41, 5.74) is 2.74. The Hall–Kier alpha value is -0.860. The van der Waals surface area contributed by atoms with E-state index in [1.165, 1.54) is 24.0 Å². The number of hydrogen-bond donors (Lipinski definition) is 1. The van der Waals surface area contributed by atoms with Crippen molar-refractivity contribution in [2.24, 2.45) is 0 Å². The minimum absolute atomic E-state index is 0.651. The molecule has 2 nitrogen and oxygen atoms in total. The van der Waals surface area contributed by atoms with Crippen LogP contribution in [0.3, 0.4) is 0 Å². The first kappa shape index (κ1) is 11.6. The monoisotopic (exact) mass is 219 g/mol. The van der Waals surface area contributed by atoms with Crippen LogP contribution in [0.4, 0.5) is 0 Å². The Bertz CT molecular complexity index is 337. The van der Waals surface area contributed by atoms with E-state index < -0.39 is 0 Å². The zero-order valence-corrected chi connectivity index (χ0v) is 10.2. The molecule has 0 saturated carbocycles. The van der Waals surface area contributed by atoms with E-state index in [0.29, 0.717) is 18.6 Å². The van der Waals surface area contributed by atoms with Gasteiger partial charge in [-0.3, -0.25) is 0 Å². The highest BCUT2D eigenvalue weighted by Crippen LogP contribution is 2.29. The summed E-state index contributed by atoms with van der Waals surface area (Å²) in [7, 11) is 1.75. The van der Waals surface area contributed by atoms with Gasteiger partial charge in [0.1, 0.15) is 0 Å². The molecule has 0 aromatic heterocycles. The minimum Gasteiger partial charge on any atom is -0.380 e. The van der Waals surface area contributed by atoms with Crippen LogP contribution < -0.4 is 5.32 Å². The van der Waals surface area contributed by atoms with Gasteiger partial charge in [-0.2, -0.15) is 0 Å². The average molecular weight is 219 g/mol. The first-order valence-electron chi connectivity index (χ1n) is 6.16. The highest BCUT2D eigenvalue weighted by atomic mass is 16.5. The summed E-state index contributed by atoms with van der Waals surface area (Å²) in [6.07, 6.45) is 2.47. The summed E-state index contributed by atoms with van der Waals surface area (Å²) in [5.74, 6) is 0.682. The Kier molecular flexibility index (Phi) is 3.97. The molecule has 2 rings (SSSR count). The highest BCUT2D eigenvalue weighted by molar-refractivity contribution is 5.28. The molecular formula is C14H21NO. The standard InChI is InChI=1S/C14H21NO/c1-3-14-13(7-8-15-14)12-6-4-5-11(9-12)10-16-2/h4-6,9,13-15H,3,7-8,10H2,1-2H3. The van der Waals surface area contributed by atoms with E-state index >= 15 is 0 Å². The van der Waals surface area contributed by atoms with Crippen molar-refractivity contribution in [1.82, 2.24) is 5.32 Å². The summed E-state index contributed by atoms with van der Waals surface area (Å²) >= 11 is 0. The van der Waals surface area contributed by atoms with Crippen LogP contribution in [-0.2, 0) is 11.3 Å². The minimum atomic E-state index is 0.651. The molecule has 88 valence electrons. The largest absolute Gasteiger partial charge is 0.380 e. The predicted octanol–water partition coefficient (Wildman–Crippen LogP) is 2.69. The lowest BCUT2D eigenvalue weighted by atomic mass is 9.90. The summed E-state index contributed by atoms with van der Waals surface area (Å²) in [4.78, 5) is 0. The van der Waals surface area contributed by atoms with Crippen molar-refractivity contribution in [2.45, 2.75) is 38.3 Å². The quantitative estimate of drug-likeness (QED) is 0.840. The normalized spacial score (nSPS) is 24.9. The maximum Gasteiger partial charge on any atom is 0.0713 e. The van der Waals surface area contributed by atoms with E-state index in [0.717, 1.165) is 6.54 Å². The number of nitrogens with one attached hydrogen (secondary N) is 1. The van der Waals surface area contributed by atoms with Crippen LogP contribution in [0.5, 0.6) is 0 Å². The highest BCUT2D eigenvalue weighted by Gasteiger charge is 2.26. The molecule has 0 radical (unpaired) electrons. The number of rotatable bonds is 4. The summed E-state index contributed by atoms with van der Waals surface area (Å²) in [6.45, 7) is 4.12. The Morgan fingerprint density at radius 1 is 1.44 bits per heavy atom. The van der Waals surface area contributed by atoms with E-state index in [9.17, 15) is 0 Å². The van der Waals surface area contributed by atoms with Crippen LogP contribution in [0.1, 0.15) is 36.8 Å². The molecule has 1 aromatic carbocycles. The van der Waals surface area contributed by atoms with Crippen LogP contribution in [-0.4, -0.2) is 19.7 Å². The molecule has 1 heterocycles. The molecule has 1 aromatic rings. The molecule has 2 heteroatoms. The fourth-order valence-electron chi connectivity index (χ4n) is 2.68. The number of ether oxygens (including phenoxy) is 1. The van der Waals surface area contributed by atoms with Crippen molar-refractivity contribution >= 4 is 0 Å². The molecule has 0 spiro atoms.